The maximum absolute atomic E-state index is 11.8. The van der Waals surface area contributed by atoms with E-state index in [1.165, 1.54) is 0 Å². The number of rotatable bonds is 4. The summed E-state index contributed by atoms with van der Waals surface area (Å²) in [5, 5.41) is 20.9. The predicted molar refractivity (Wildman–Crippen MR) is 117 cm³/mol. The standard InChI is InChI=1S/C26H25NO3/c1-17(18-6-8-19(9-7-18)24(28)29)20-10-11-22-23(15-20)26(30,13-12-25(22,2)3)21-5-4-14-27-16-21/h4-11,14-16,30H,1,12-13H2,2-3H3,(H,28,29). The molecule has 0 aliphatic heterocycles. The first-order valence-electron chi connectivity index (χ1n) is 10.0. The second-order valence-electron chi connectivity index (χ2n) is 8.61. The van der Waals surface area contributed by atoms with Crippen LogP contribution < -0.4 is 0 Å². The number of benzene rings is 2. The Morgan fingerprint density at radius 2 is 1.63 bits per heavy atom. The Balaban J connectivity index is 1.81. The lowest BCUT2D eigenvalue weighted by molar-refractivity contribution is 0.0493. The van der Waals surface area contributed by atoms with Crippen LogP contribution in [0.5, 0.6) is 0 Å². The van der Waals surface area contributed by atoms with Crippen LogP contribution in [0.2, 0.25) is 0 Å². The van der Waals surface area contributed by atoms with Crippen LogP contribution in [0.3, 0.4) is 0 Å². The van der Waals surface area contributed by atoms with Crippen molar-refractivity contribution in [1.29, 1.82) is 0 Å². The van der Waals surface area contributed by atoms with Crippen molar-refractivity contribution in [2.45, 2.75) is 37.7 Å². The number of hydrogen-bond donors (Lipinski definition) is 2. The average molecular weight is 399 g/mol. The highest BCUT2D eigenvalue weighted by atomic mass is 16.4. The van der Waals surface area contributed by atoms with Crippen LogP contribution in [0, 0.1) is 0 Å². The van der Waals surface area contributed by atoms with Gasteiger partial charge in [0.05, 0.1) is 5.56 Å². The lowest BCUT2D eigenvalue weighted by Gasteiger charge is -2.43. The van der Waals surface area contributed by atoms with E-state index >= 15 is 0 Å². The highest BCUT2D eigenvalue weighted by molar-refractivity contribution is 5.88. The summed E-state index contributed by atoms with van der Waals surface area (Å²) in [5.74, 6) is -0.954. The van der Waals surface area contributed by atoms with Gasteiger partial charge in [0, 0.05) is 18.0 Å². The highest BCUT2D eigenvalue weighted by Gasteiger charge is 2.43. The molecule has 1 aliphatic carbocycles. The molecule has 0 amide bonds. The van der Waals surface area contributed by atoms with Gasteiger partial charge in [0.1, 0.15) is 5.60 Å². The zero-order valence-corrected chi connectivity index (χ0v) is 17.2. The van der Waals surface area contributed by atoms with Crippen molar-refractivity contribution in [2.24, 2.45) is 0 Å². The zero-order valence-electron chi connectivity index (χ0n) is 17.2. The number of pyridine rings is 1. The number of fused-ring (bicyclic) bond motifs is 1. The minimum atomic E-state index is -1.11. The van der Waals surface area contributed by atoms with Crippen molar-refractivity contribution in [1.82, 2.24) is 4.98 Å². The van der Waals surface area contributed by atoms with Gasteiger partial charge in [-0.05, 0) is 70.3 Å². The third-order valence-electron chi connectivity index (χ3n) is 6.27. The van der Waals surface area contributed by atoms with E-state index < -0.39 is 11.6 Å². The molecule has 0 saturated heterocycles. The Bertz CT molecular complexity index is 1120. The van der Waals surface area contributed by atoms with E-state index in [9.17, 15) is 9.90 Å². The molecule has 3 aromatic rings. The van der Waals surface area contributed by atoms with Crippen LogP contribution >= 0.6 is 0 Å². The summed E-state index contributed by atoms with van der Waals surface area (Å²) in [7, 11) is 0. The predicted octanol–water partition coefficient (Wildman–Crippen LogP) is 5.15. The molecule has 0 spiro atoms. The van der Waals surface area contributed by atoms with Crippen LogP contribution in [-0.4, -0.2) is 21.2 Å². The van der Waals surface area contributed by atoms with Crippen molar-refractivity contribution < 1.29 is 15.0 Å². The maximum atomic E-state index is 11.8. The third-order valence-corrected chi connectivity index (χ3v) is 6.27. The largest absolute Gasteiger partial charge is 0.478 e. The van der Waals surface area contributed by atoms with Crippen LogP contribution in [0.15, 0.2) is 73.6 Å². The molecule has 2 aromatic carbocycles. The van der Waals surface area contributed by atoms with E-state index in [4.69, 9.17) is 5.11 Å². The monoisotopic (exact) mass is 399 g/mol. The zero-order chi connectivity index (χ0) is 21.5. The summed E-state index contributed by atoms with van der Waals surface area (Å²) < 4.78 is 0. The van der Waals surface area contributed by atoms with E-state index in [-0.39, 0.29) is 11.0 Å². The first-order valence-corrected chi connectivity index (χ1v) is 10.0. The molecule has 2 N–H and O–H groups in total. The van der Waals surface area contributed by atoms with E-state index in [0.717, 1.165) is 39.8 Å². The van der Waals surface area contributed by atoms with Gasteiger partial charge < -0.3 is 10.2 Å². The molecule has 4 nitrogen and oxygen atoms in total. The molecule has 0 bridgehead atoms. The van der Waals surface area contributed by atoms with E-state index in [1.807, 2.05) is 24.3 Å². The molecule has 0 radical (unpaired) electrons. The fourth-order valence-corrected chi connectivity index (χ4v) is 4.31. The lowest BCUT2D eigenvalue weighted by atomic mass is 9.64. The Hall–Kier alpha value is -3.24. The Labute approximate surface area is 176 Å². The number of carboxylic acids is 1. The minimum Gasteiger partial charge on any atom is -0.478 e. The smallest absolute Gasteiger partial charge is 0.335 e. The molecule has 0 fully saturated rings. The summed E-state index contributed by atoms with van der Waals surface area (Å²) in [6.07, 6.45) is 4.91. The molecular weight excluding hydrogens is 374 g/mol. The van der Waals surface area contributed by atoms with E-state index in [1.54, 1.807) is 36.7 Å². The fourth-order valence-electron chi connectivity index (χ4n) is 4.31. The van der Waals surface area contributed by atoms with Crippen LogP contribution in [0.4, 0.5) is 0 Å². The Morgan fingerprint density at radius 1 is 0.967 bits per heavy atom. The van der Waals surface area contributed by atoms with Gasteiger partial charge in [-0.1, -0.05) is 50.8 Å². The molecular formula is C26H25NO3. The molecule has 30 heavy (non-hydrogen) atoms. The van der Waals surface area contributed by atoms with Gasteiger partial charge in [-0.15, -0.1) is 0 Å². The first kappa shape index (κ1) is 20.0. The van der Waals surface area contributed by atoms with Crippen molar-refractivity contribution in [3.05, 3.63) is 107 Å². The van der Waals surface area contributed by atoms with Gasteiger partial charge in [-0.2, -0.15) is 0 Å². The summed E-state index contributed by atoms with van der Waals surface area (Å²) in [6, 6.07) is 16.6. The van der Waals surface area contributed by atoms with Gasteiger partial charge in [0.15, 0.2) is 0 Å². The molecule has 4 rings (SSSR count). The molecule has 1 aromatic heterocycles. The van der Waals surface area contributed by atoms with Gasteiger partial charge in [0.25, 0.3) is 0 Å². The van der Waals surface area contributed by atoms with Crippen molar-refractivity contribution in [3.8, 4) is 0 Å². The quantitative estimate of drug-likeness (QED) is 0.637. The van der Waals surface area contributed by atoms with E-state index in [0.29, 0.717) is 6.42 Å². The number of carbonyl (C=O) groups is 1. The highest BCUT2D eigenvalue weighted by Crippen LogP contribution is 2.48. The molecule has 1 atom stereocenters. The van der Waals surface area contributed by atoms with Gasteiger partial charge in [0.2, 0.25) is 0 Å². The average Bonchev–Trinajstić information content (AvgIpc) is 2.76. The lowest BCUT2D eigenvalue weighted by Crippen LogP contribution is -2.38. The van der Waals surface area contributed by atoms with Crippen molar-refractivity contribution >= 4 is 11.5 Å². The second kappa shape index (κ2) is 7.22. The summed E-state index contributed by atoms with van der Waals surface area (Å²) >= 11 is 0. The Kier molecular flexibility index (Phi) is 4.83. The van der Waals surface area contributed by atoms with Crippen LogP contribution in [0.25, 0.3) is 5.57 Å². The number of hydrogen-bond acceptors (Lipinski definition) is 3. The number of aliphatic hydroxyl groups is 1. The Morgan fingerprint density at radius 3 is 2.27 bits per heavy atom. The number of aromatic carboxylic acids is 1. The maximum Gasteiger partial charge on any atom is 0.335 e. The summed E-state index contributed by atoms with van der Waals surface area (Å²) in [5.41, 5.74) is 4.41. The van der Waals surface area contributed by atoms with Crippen LogP contribution in [-0.2, 0) is 11.0 Å². The van der Waals surface area contributed by atoms with Crippen molar-refractivity contribution in [3.63, 3.8) is 0 Å². The summed E-state index contributed by atoms with van der Waals surface area (Å²) in [6.45, 7) is 8.64. The molecule has 1 unspecified atom stereocenters. The molecule has 152 valence electrons. The van der Waals surface area contributed by atoms with Crippen molar-refractivity contribution in [2.75, 3.05) is 0 Å². The number of carboxylic acid groups (broad SMARTS) is 1. The molecule has 1 heterocycles. The fraction of sp³-hybridized carbons (Fsp3) is 0.231. The molecule has 1 aliphatic rings. The van der Waals surface area contributed by atoms with E-state index in [2.05, 4.69) is 31.5 Å². The minimum absolute atomic E-state index is 0.0488. The molecule has 0 saturated carbocycles. The number of nitrogens with zero attached hydrogens (tertiary/aromatic N) is 1. The molecule has 4 heteroatoms. The normalized spacial score (nSPS) is 19.7. The summed E-state index contributed by atoms with van der Waals surface area (Å²) in [4.78, 5) is 15.3. The third kappa shape index (κ3) is 3.33. The van der Waals surface area contributed by atoms with Gasteiger partial charge >= 0.3 is 5.97 Å². The van der Waals surface area contributed by atoms with Gasteiger partial charge in [-0.25, -0.2) is 4.79 Å². The SMILES string of the molecule is C=C(c1ccc(C(=O)O)cc1)c1ccc2c(c1)C(O)(c1cccnc1)CCC2(C)C. The van der Waals surface area contributed by atoms with Gasteiger partial charge in [-0.3, -0.25) is 4.98 Å². The topological polar surface area (TPSA) is 70.4 Å². The first-order chi connectivity index (χ1) is 14.2. The second-order valence-corrected chi connectivity index (χ2v) is 8.61. The number of aromatic nitrogens is 1. The van der Waals surface area contributed by atoms with Crippen LogP contribution in [0.1, 0.15) is 64.9 Å².